The number of carboxylic acids is 1. The highest BCUT2D eigenvalue weighted by atomic mass is 16.4. The fraction of sp³-hybridized carbons (Fsp3) is 0.545. The number of aliphatic carboxylic acids is 1. The SMILES string of the molecule is O=C(O)CCn1ccc2cc(C(=O)N3CC4CC5CC6CC3C56C4)ccc21. The van der Waals surface area contributed by atoms with E-state index in [-0.39, 0.29) is 12.3 Å². The minimum Gasteiger partial charge on any atom is -0.481 e. The number of amides is 1. The van der Waals surface area contributed by atoms with Gasteiger partial charge in [-0.1, -0.05) is 0 Å². The minimum absolute atomic E-state index is 0.103. The van der Waals surface area contributed by atoms with Crippen molar-refractivity contribution in [3.63, 3.8) is 0 Å². The molecule has 27 heavy (non-hydrogen) atoms. The van der Waals surface area contributed by atoms with Gasteiger partial charge in [0.05, 0.1) is 6.42 Å². The molecule has 6 rings (SSSR count). The number of carbonyl (C=O) groups excluding carboxylic acids is 1. The van der Waals surface area contributed by atoms with Crippen molar-refractivity contribution in [3.05, 3.63) is 36.0 Å². The van der Waals surface area contributed by atoms with Gasteiger partial charge in [0.15, 0.2) is 0 Å². The van der Waals surface area contributed by atoms with Crippen LogP contribution in [0.4, 0.5) is 0 Å². The summed E-state index contributed by atoms with van der Waals surface area (Å²) >= 11 is 0. The first kappa shape index (κ1) is 15.7. The van der Waals surface area contributed by atoms with Crippen molar-refractivity contribution in [2.24, 2.45) is 23.2 Å². The summed E-state index contributed by atoms with van der Waals surface area (Å²) in [4.78, 5) is 26.4. The summed E-state index contributed by atoms with van der Waals surface area (Å²) < 4.78 is 1.95. The van der Waals surface area contributed by atoms with E-state index in [4.69, 9.17) is 5.11 Å². The van der Waals surface area contributed by atoms with E-state index >= 15 is 0 Å². The quantitative estimate of drug-likeness (QED) is 0.905. The summed E-state index contributed by atoms with van der Waals surface area (Å²) in [5.74, 6) is 1.88. The Kier molecular flexibility index (Phi) is 3.00. The summed E-state index contributed by atoms with van der Waals surface area (Å²) in [5.41, 5.74) is 2.26. The van der Waals surface area contributed by atoms with E-state index in [0.717, 1.165) is 34.8 Å². The number of nitrogens with zero attached hydrogens (tertiary/aromatic N) is 2. The lowest BCUT2D eigenvalue weighted by molar-refractivity contribution is -0.191. The van der Waals surface area contributed by atoms with Gasteiger partial charge in [0.2, 0.25) is 0 Å². The van der Waals surface area contributed by atoms with Crippen molar-refractivity contribution in [1.82, 2.24) is 9.47 Å². The molecule has 4 fully saturated rings. The second kappa shape index (κ2) is 5.15. The molecule has 2 bridgehead atoms. The molecule has 140 valence electrons. The summed E-state index contributed by atoms with van der Waals surface area (Å²) in [6.45, 7) is 1.39. The third-order valence-electron chi connectivity index (χ3n) is 8.15. The maximum Gasteiger partial charge on any atom is 0.305 e. The number of likely N-dealkylation sites (tertiary alicyclic amines) is 1. The van der Waals surface area contributed by atoms with Gasteiger partial charge in [-0.2, -0.15) is 0 Å². The smallest absolute Gasteiger partial charge is 0.305 e. The summed E-state index contributed by atoms with van der Waals surface area (Å²) in [6.07, 6.45) is 7.33. The number of carboxylic acid groups (broad SMARTS) is 1. The van der Waals surface area contributed by atoms with Crippen LogP contribution in [0.25, 0.3) is 10.9 Å². The summed E-state index contributed by atoms with van der Waals surface area (Å²) in [7, 11) is 0. The van der Waals surface area contributed by atoms with Crippen LogP contribution >= 0.6 is 0 Å². The van der Waals surface area contributed by atoms with Crippen LogP contribution in [-0.2, 0) is 11.3 Å². The van der Waals surface area contributed by atoms with Crippen LogP contribution in [0.3, 0.4) is 0 Å². The molecule has 1 aliphatic heterocycles. The maximum absolute atomic E-state index is 13.3. The molecule has 3 saturated carbocycles. The third kappa shape index (κ3) is 1.95. The Morgan fingerprint density at radius 1 is 1.15 bits per heavy atom. The topological polar surface area (TPSA) is 62.5 Å². The van der Waals surface area contributed by atoms with Gasteiger partial charge in [-0.15, -0.1) is 0 Å². The fourth-order valence-electron chi connectivity index (χ4n) is 7.01. The first-order valence-corrected chi connectivity index (χ1v) is 10.2. The predicted octanol–water partition coefficient (Wildman–Crippen LogP) is 3.38. The van der Waals surface area contributed by atoms with Crippen molar-refractivity contribution in [2.45, 2.75) is 44.7 Å². The van der Waals surface area contributed by atoms with Gasteiger partial charge in [0.1, 0.15) is 0 Å². The molecule has 1 aromatic heterocycles. The maximum atomic E-state index is 13.3. The standard InChI is InChI=1S/C22H24N2O3/c25-20(26)4-6-23-5-3-14-8-15(1-2-18(14)23)21(27)24-12-13-7-16-9-17-10-19(24)22(16,17)11-13/h1-3,5,8,13,16-17,19H,4,6-7,9-12H2,(H,25,26). The van der Waals surface area contributed by atoms with Crippen LogP contribution in [0, 0.1) is 23.2 Å². The zero-order chi connectivity index (χ0) is 18.3. The van der Waals surface area contributed by atoms with Gasteiger partial charge >= 0.3 is 5.97 Å². The van der Waals surface area contributed by atoms with E-state index in [1.807, 2.05) is 35.0 Å². The summed E-state index contributed by atoms with van der Waals surface area (Å²) in [6, 6.07) is 8.33. The van der Waals surface area contributed by atoms with Crippen molar-refractivity contribution in [2.75, 3.05) is 6.54 Å². The molecule has 1 N–H and O–H groups in total. The van der Waals surface area contributed by atoms with Crippen molar-refractivity contribution in [3.8, 4) is 0 Å². The highest BCUT2D eigenvalue weighted by Crippen LogP contribution is 2.75. The van der Waals surface area contributed by atoms with E-state index in [2.05, 4.69) is 4.90 Å². The molecule has 2 aromatic rings. The molecule has 1 saturated heterocycles. The molecule has 1 spiro atoms. The molecule has 5 atom stereocenters. The number of carbonyl (C=O) groups is 2. The number of fused-ring (bicyclic) bond motifs is 2. The number of piperidine rings is 1. The van der Waals surface area contributed by atoms with Crippen molar-refractivity contribution >= 4 is 22.8 Å². The van der Waals surface area contributed by atoms with Gasteiger partial charge < -0.3 is 14.6 Å². The molecule has 5 nitrogen and oxygen atoms in total. The van der Waals surface area contributed by atoms with Gasteiger partial charge in [-0.25, -0.2) is 0 Å². The van der Waals surface area contributed by atoms with Gasteiger partial charge in [0.25, 0.3) is 5.91 Å². The second-order valence-corrected chi connectivity index (χ2v) is 9.18. The largest absolute Gasteiger partial charge is 0.481 e. The fourth-order valence-corrected chi connectivity index (χ4v) is 7.01. The number of aromatic nitrogens is 1. The van der Waals surface area contributed by atoms with E-state index in [1.165, 1.54) is 25.7 Å². The van der Waals surface area contributed by atoms with E-state index in [1.54, 1.807) is 0 Å². The van der Waals surface area contributed by atoms with Crippen LogP contribution in [0.1, 0.15) is 42.5 Å². The number of rotatable bonds is 4. The molecular weight excluding hydrogens is 340 g/mol. The molecule has 0 radical (unpaired) electrons. The van der Waals surface area contributed by atoms with Crippen LogP contribution in [-0.4, -0.2) is 39.0 Å². The Balaban J connectivity index is 1.28. The zero-order valence-corrected chi connectivity index (χ0v) is 15.3. The van der Waals surface area contributed by atoms with E-state index < -0.39 is 5.97 Å². The van der Waals surface area contributed by atoms with Crippen molar-refractivity contribution < 1.29 is 14.7 Å². The van der Waals surface area contributed by atoms with Crippen LogP contribution < -0.4 is 0 Å². The van der Waals surface area contributed by atoms with E-state index in [0.29, 0.717) is 23.9 Å². The summed E-state index contributed by atoms with van der Waals surface area (Å²) in [5, 5.41) is 9.91. The molecule has 5 heteroatoms. The van der Waals surface area contributed by atoms with Gasteiger partial charge in [0, 0.05) is 41.8 Å². The molecule has 1 amide bonds. The van der Waals surface area contributed by atoms with E-state index in [9.17, 15) is 9.59 Å². The second-order valence-electron chi connectivity index (χ2n) is 9.18. The monoisotopic (exact) mass is 364 g/mol. The first-order chi connectivity index (χ1) is 13.1. The average Bonchev–Trinajstić information content (AvgIpc) is 3.22. The normalized spacial score (nSPS) is 35.5. The molecule has 3 aliphatic carbocycles. The lowest BCUT2D eigenvalue weighted by atomic mass is 9.40. The van der Waals surface area contributed by atoms with Gasteiger partial charge in [-0.05, 0) is 73.1 Å². The predicted molar refractivity (Wildman–Crippen MR) is 100 cm³/mol. The Hall–Kier alpha value is -2.30. The Morgan fingerprint density at radius 2 is 2.00 bits per heavy atom. The number of aryl methyl sites for hydroxylation is 1. The third-order valence-corrected chi connectivity index (χ3v) is 8.15. The van der Waals surface area contributed by atoms with Crippen molar-refractivity contribution in [1.29, 1.82) is 0 Å². The van der Waals surface area contributed by atoms with Crippen LogP contribution in [0.2, 0.25) is 0 Å². The minimum atomic E-state index is -0.796. The number of hydrogen-bond donors (Lipinski definition) is 1. The molecule has 1 aromatic carbocycles. The Labute approximate surface area is 157 Å². The Morgan fingerprint density at radius 3 is 2.81 bits per heavy atom. The molecule has 4 aliphatic rings. The molecule has 2 heterocycles. The lowest BCUT2D eigenvalue weighted by Crippen LogP contribution is -2.71. The number of benzene rings is 1. The van der Waals surface area contributed by atoms with Gasteiger partial charge in [-0.3, -0.25) is 9.59 Å². The van der Waals surface area contributed by atoms with Crippen LogP contribution in [0.15, 0.2) is 30.5 Å². The Bertz CT molecular complexity index is 979. The average molecular weight is 364 g/mol. The number of hydrogen-bond acceptors (Lipinski definition) is 2. The molecular formula is C22H24N2O3. The van der Waals surface area contributed by atoms with Crippen LogP contribution in [0.5, 0.6) is 0 Å². The lowest BCUT2D eigenvalue weighted by Gasteiger charge is -2.69. The molecule has 5 unspecified atom stereocenters. The zero-order valence-electron chi connectivity index (χ0n) is 15.3. The highest BCUT2D eigenvalue weighted by Gasteiger charge is 2.73. The highest BCUT2D eigenvalue weighted by molar-refractivity contribution is 5.98. The first-order valence-electron chi connectivity index (χ1n) is 10.2.